The Labute approximate surface area is 153 Å². The van der Waals surface area contributed by atoms with Gasteiger partial charge in [-0.25, -0.2) is 9.10 Å². The molecule has 0 rings (SSSR count). The smallest absolute Gasteiger partial charge is 0.420 e. The first kappa shape index (κ1) is 22.8. The number of amidine groups is 1. The summed E-state index contributed by atoms with van der Waals surface area (Å²) in [6, 6.07) is -0.0246. The SMILES string of the molecule is CCCCOC(=O)N(C)SN(C)C(=NO)OC(=CSC)C(C)(C)C. The first-order valence-corrected chi connectivity index (χ1v) is 9.64. The van der Waals surface area contributed by atoms with Crippen molar-refractivity contribution < 1.29 is 19.5 Å². The lowest BCUT2D eigenvalue weighted by molar-refractivity contribution is 0.130. The minimum Gasteiger partial charge on any atom is -0.449 e. The fourth-order valence-electron chi connectivity index (χ4n) is 1.35. The molecule has 0 aliphatic heterocycles. The summed E-state index contributed by atoms with van der Waals surface area (Å²) in [5.41, 5.74) is -0.255. The second-order valence-corrected chi connectivity index (χ2v) is 7.96. The van der Waals surface area contributed by atoms with Gasteiger partial charge >= 0.3 is 12.1 Å². The highest BCUT2D eigenvalue weighted by Crippen LogP contribution is 2.29. The van der Waals surface area contributed by atoms with Crippen LogP contribution in [0.3, 0.4) is 0 Å². The molecule has 0 bridgehead atoms. The first-order valence-electron chi connectivity index (χ1n) is 7.63. The molecule has 0 fully saturated rings. The number of amides is 1. The fourth-order valence-corrected chi connectivity index (χ4v) is 2.60. The van der Waals surface area contributed by atoms with Crippen LogP contribution in [0.5, 0.6) is 0 Å². The second kappa shape index (κ2) is 11.4. The van der Waals surface area contributed by atoms with Gasteiger partial charge in [0.25, 0.3) is 0 Å². The molecule has 0 unspecified atom stereocenters. The third kappa shape index (κ3) is 8.58. The number of carbonyl (C=O) groups is 1. The Hall–Kier alpha value is -1.22. The highest BCUT2D eigenvalue weighted by molar-refractivity contribution is 8.01. The van der Waals surface area contributed by atoms with Crippen LogP contribution in [0.2, 0.25) is 0 Å². The van der Waals surface area contributed by atoms with Gasteiger partial charge in [0.2, 0.25) is 0 Å². The Bertz CT molecular complexity index is 450. The van der Waals surface area contributed by atoms with Gasteiger partial charge in [0.05, 0.1) is 18.7 Å². The van der Waals surface area contributed by atoms with Crippen molar-refractivity contribution in [3.05, 3.63) is 11.2 Å². The average molecular weight is 380 g/mol. The molecule has 1 amide bonds. The fraction of sp³-hybridized carbons (Fsp3) is 0.733. The van der Waals surface area contributed by atoms with Gasteiger partial charge in [-0.15, -0.1) is 11.8 Å². The lowest BCUT2D eigenvalue weighted by Gasteiger charge is -2.27. The largest absolute Gasteiger partial charge is 0.449 e. The van der Waals surface area contributed by atoms with E-state index in [0.717, 1.165) is 25.0 Å². The van der Waals surface area contributed by atoms with Crippen molar-refractivity contribution in [2.75, 3.05) is 27.0 Å². The zero-order valence-electron chi connectivity index (χ0n) is 15.5. The molecule has 0 saturated carbocycles. The summed E-state index contributed by atoms with van der Waals surface area (Å²) in [6.07, 6.45) is 3.23. The lowest BCUT2D eigenvalue weighted by Crippen LogP contribution is -2.32. The maximum absolute atomic E-state index is 11.8. The number of nitrogens with zero attached hydrogens (tertiary/aromatic N) is 3. The Morgan fingerprint density at radius 2 is 1.92 bits per heavy atom. The summed E-state index contributed by atoms with van der Waals surface area (Å²) < 4.78 is 13.6. The Morgan fingerprint density at radius 3 is 2.38 bits per heavy atom. The average Bonchev–Trinajstić information content (AvgIpc) is 2.50. The van der Waals surface area contributed by atoms with E-state index in [9.17, 15) is 10.0 Å². The molecule has 1 N–H and O–H groups in total. The number of allylic oxidation sites excluding steroid dienone is 1. The van der Waals surface area contributed by atoms with E-state index in [2.05, 4.69) is 5.16 Å². The number of hydrogen-bond donors (Lipinski definition) is 1. The van der Waals surface area contributed by atoms with Crippen LogP contribution in [-0.2, 0) is 9.47 Å². The number of oxime groups is 1. The van der Waals surface area contributed by atoms with E-state index in [4.69, 9.17) is 9.47 Å². The number of hydrogen-bond acceptors (Lipinski definition) is 7. The number of thioether (sulfide) groups is 1. The molecule has 0 aliphatic carbocycles. The molecule has 24 heavy (non-hydrogen) atoms. The van der Waals surface area contributed by atoms with Crippen molar-refractivity contribution in [2.45, 2.75) is 40.5 Å². The van der Waals surface area contributed by atoms with Gasteiger partial charge in [0.1, 0.15) is 5.76 Å². The van der Waals surface area contributed by atoms with Crippen molar-refractivity contribution in [2.24, 2.45) is 10.6 Å². The molecular formula is C15H29N3O4S2. The minimum atomic E-state index is -0.465. The molecule has 0 spiro atoms. The first-order chi connectivity index (χ1) is 11.2. The highest BCUT2D eigenvalue weighted by atomic mass is 32.2. The van der Waals surface area contributed by atoms with E-state index in [1.54, 1.807) is 14.1 Å². The third-order valence-corrected chi connectivity index (χ3v) is 3.99. The third-order valence-electron chi connectivity index (χ3n) is 2.75. The molecule has 0 aromatic carbocycles. The van der Waals surface area contributed by atoms with Crippen LogP contribution in [0.1, 0.15) is 40.5 Å². The quantitative estimate of drug-likeness (QED) is 0.134. The van der Waals surface area contributed by atoms with Crippen LogP contribution < -0.4 is 0 Å². The Kier molecular flexibility index (Phi) is 10.8. The van der Waals surface area contributed by atoms with Crippen molar-refractivity contribution in [3.63, 3.8) is 0 Å². The van der Waals surface area contributed by atoms with Gasteiger partial charge in [-0.1, -0.05) is 34.1 Å². The molecule has 140 valence electrons. The molecule has 9 heteroatoms. The van der Waals surface area contributed by atoms with Gasteiger partial charge in [0.15, 0.2) is 0 Å². The number of ether oxygens (including phenoxy) is 2. The Balaban J connectivity index is 4.78. The molecule has 0 radical (unpaired) electrons. The minimum absolute atomic E-state index is 0.0246. The predicted octanol–water partition coefficient (Wildman–Crippen LogP) is 4.36. The van der Waals surface area contributed by atoms with E-state index in [1.807, 2.05) is 39.4 Å². The normalized spacial score (nSPS) is 12.8. The van der Waals surface area contributed by atoms with E-state index >= 15 is 0 Å². The zero-order chi connectivity index (χ0) is 18.8. The van der Waals surface area contributed by atoms with Crippen LogP contribution in [0.25, 0.3) is 0 Å². The van der Waals surface area contributed by atoms with Crippen molar-refractivity contribution in [1.29, 1.82) is 0 Å². The highest BCUT2D eigenvalue weighted by Gasteiger charge is 2.24. The predicted molar refractivity (Wildman–Crippen MR) is 101 cm³/mol. The maximum atomic E-state index is 11.8. The summed E-state index contributed by atoms with van der Waals surface area (Å²) in [7, 11) is 3.21. The van der Waals surface area contributed by atoms with E-state index in [1.165, 1.54) is 20.4 Å². The van der Waals surface area contributed by atoms with Crippen molar-refractivity contribution in [3.8, 4) is 0 Å². The molecule has 0 aliphatic rings. The molecule has 7 nitrogen and oxygen atoms in total. The lowest BCUT2D eigenvalue weighted by atomic mass is 9.95. The zero-order valence-corrected chi connectivity index (χ0v) is 17.2. The standard InChI is InChI=1S/C15H29N3O4S2/c1-8-9-10-21-14(19)18(6)24-17(5)13(16-20)22-12(11-23-7)15(2,3)4/h11,20H,8-10H2,1-7H3. The molecular weight excluding hydrogens is 350 g/mol. The molecule has 0 aromatic heterocycles. The van der Waals surface area contributed by atoms with E-state index in [-0.39, 0.29) is 11.4 Å². The van der Waals surface area contributed by atoms with Gasteiger partial charge < -0.3 is 14.7 Å². The molecule has 0 saturated heterocycles. The monoisotopic (exact) mass is 379 g/mol. The van der Waals surface area contributed by atoms with Crippen molar-refractivity contribution in [1.82, 2.24) is 8.61 Å². The number of unbranched alkanes of at least 4 members (excludes halogenated alkanes) is 1. The molecule has 0 heterocycles. The topological polar surface area (TPSA) is 74.6 Å². The van der Waals surface area contributed by atoms with Gasteiger partial charge in [0, 0.05) is 24.9 Å². The summed E-state index contributed by atoms with van der Waals surface area (Å²) in [4.78, 5) is 11.8. The van der Waals surface area contributed by atoms with Crippen LogP contribution in [0.15, 0.2) is 16.3 Å². The maximum Gasteiger partial charge on any atom is 0.420 e. The van der Waals surface area contributed by atoms with Crippen LogP contribution in [0, 0.1) is 5.41 Å². The number of carbonyl (C=O) groups excluding carboxylic acids is 1. The van der Waals surface area contributed by atoms with Crippen molar-refractivity contribution >= 4 is 36.0 Å². The molecule has 0 atom stereocenters. The second-order valence-electron chi connectivity index (χ2n) is 6.00. The summed E-state index contributed by atoms with van der Waals surface area (Å²) in [6.45, 7) is 8.39. The van der Waals surface area contributed by atoms with Crippen LogP contribution in [0.4, 0.5) is 4.79 Å². The van der Waals surface area contributed by atoms with E-state index < -0.39 is 6.09 Å². The molecule has 0 aromatic rings. The number of rotatable bonds is 7. The van der Waals surface area contributed by atoms with E-state index in [0.29, 0.717) is 12.4 Å². The van der Waals surface area contributed by atoms with Gasteiger partial charge in [-0.2, -0.15) is 0 Å². The van der Waals surface area contributed by atoms with Crippen LogP contribution in [-0.4, -0.2) is 52.9 Å². The Morgan fingerprint density at radius 1 is 1.29 bits per heavy atom. The summed E-state index contributed by atoms with van der Waals surface area (Å²) in [5.74, 6) is 0.656. The summed E-state index contributed by atoms with van der Waals surface area (Å²) >= 11 is 2.51. The van der Waals surface area contributed by atoms with Gasteiger partial charge in [-0.05, 0) is 17.8 Å². The van der Waals surface area contributed by atoms with Gasteiger partial charge in [-0.3, -0.25) is 4.31 Å². The summed E-state index contributed by atoms with van der Waals surface area (Å²) in [5, 5.41) is 14.3. The van der Waals surface area contributed by atoms with Crippen LogP contribution >= 0.6 is 23.9 Å².